The number of ether oxygens (including phenoxy) is 1. The predicted octanol–water partition coefficient (Wildman–Crippen LogP) is 3.10. The lowest BCUT2D eigenvalue weighted by Gasteiger charge is -2.14. The molecule has 2 unspecified atom stereocenters. The molecule has 2 aromatic carbocycles. The minimum Gasteiger partial charge on any atom is -0.496 e. The molecule has 0 bridgehead atoms. The number of halogens is 1. The number of aromatic nitrogens is 1. The second kappa shape index (κ2) is 7.61. The van der Waals surface area contributed by atoms with Crippen molar-refractivity contribution in [2.75, 3.05) is 7.11 Å². The lowest BCUT2D eigenvalue weighted by Crippen LogP contribution is -2.44. The number of fused-ring (bicyclic) bond motifs is 1. The highest BCUT2D eigenvalue weighted by Crippen LogP contribution is 2.33. The average molecular weight is 382 g/mol. The van der Waals surface area contributed by atoms with Gasteiger partial charge in [0.15, 0.2) is 0 Å². The first kappa shape index (κ1) is 18.5. The second-order valence-electron chi connectivity index (χ2n) is 6.82. The van der Waals surface area contributed by atoms with Gasteiger partial charge in [0, 0.05) is 29.6 Å². The molecule has 1 aliphatic rings. The van der Waals surface area contributed by atoms with Crippen molar-refractivity contribution >= 4 is 16.8 Å². The summed E-state index contributed by atoms with van der Waals surface area (Å²) in [5.41, 5.74) is 9.10. The number of hydrogen-bond acceptors (Lipinski definition) is 4. The fourth-order valence-electron chi connectivity index (χ4n) is 3.78. The average Bonchev–Trinajstić information content (AvgIpc) is 3.32. The highest BCUT2D eigenvalue weighted by atomic mass is 19.1. The molecule has 1 fully saturated rings. The molecule has 2 atom stereocenters. The lowest BCUT2D eigenvalue weighted by atomic mass is 10.1. The molecule has 1 aliphatic heterocycles. The molecule has 1 saturated heterocycles. The zero-order valence-electron chi connectivity index (χ0n) is 15.8. The number of hydrazine groups is 1. The number of aryl methyl sites for hydroxylation is 1. The van der Waals surface area contributed by atoms with Crippen LogP contribution in [-0.2, 0) is 6.54 Å². The number of nitrogens with zero attached hydrogens (tertiary/aromatic N) is 1. The van der Waals surface area contributed by atoms with E-state index < -0.39 is 0 Å². The van der Waals surface area contributed by atoms with Crippen molar-refractivity contribution in [1.29, 1.82) is 0 Å². The summed E-state index contributed by atoms with van der Waals surface area (Å²) in [5.74, 6) is 0.246. The Bertz CT molecular complexity index is 1000. The standard InChI is InChI=1S/C21H23FN4O2/c1-3-26-17-5-4-6-19(28-2)15(17)11-18(26)16-12-20(25-24-16)23-21(27)13-7-9-14(22)10-8-13/h4-11,16,20,24-25H,3,12H2,1-2H3,(H,23,27). The van der Waals surface area contributed by atoms with Crippen molar-refractivity contribution in [2.45, 2.75) is 32.1 Å². The molecule has 0 radical (unpaired) electrons. The molecular weight excluding hydrogens is 359 g/mol. The van der Waals surface area contributed by atoms with Crippen LogP contribution in [0, 0.1) is 5.82 Å². The van der Waals surface area contributed by atoms with Crippen LogP contribution in [0.15, 0.2) is 48.5 Å². The number of rotatable bonds is 5. The van der Waals surface area contributed by atoms with Crippen LogP contribution in [0.25, 0.3) is 10.9 Å². The Balaban J connectivity index is 1.52. The number of nitrogens with one attached hydrogen (secondary N) is 3. The van der Waals surface area contributed by atoms with Crippen molar-refractivity contribution in [3.05, 3.63) is 65.6 Å². The van der Waals surface area contributed by atoms with E-state index in [1.807, 2.05) is 12.1 Å². The predicted molar refractivity (Wildman–Crippen MR) is 105 cm³/mol. The molecular formula is C21H23FN4O2. The maximum Gasteiger partial charge on any atom is 0.252 e. The van der Waals surface area contributed by atoms with E-state index in [1.165, 1.54) is 24.3 Å². The summed E-state index contributed by atoms with van der Waals surface area (Å²) in [6, 6.07) is 13.7. The van der Waals surface area contributed by atoms with Gasteiger partial charge in [0.05, 0.1) is 24.8 Å². The Morgan fingerprint density at radius 1 is 1.25 bits per heavy atom. The van der Waals surface area contributed by atoms with Gasteiger partial charge < -0.3 is 14.6 Å². The van der Waals surface area contributed by atoms with Crippen molar-refractivity contribution in [1.82, 2.24) is 20.7 Å². The number of carbonyl (C=O) groups excluding carboxylic acids is 1. The van der Waals surface area contributed by atoms with E-state index in [0.717, 1.165) is 28.9 Å². The molecule has 7 heteroatoms. The normalized spacial score (nSPS) is 19.1. The van der Waals surface area contributed by atoms with E-state index in [4.69, 9.17) is 4.74 Å². The van der Waals surface area contributed by atoms with Gasteiger partial charge in [-0.25, -0.2) is 15.2 Å². The van der Waals surface area contributed by atoms with Gasteiger partial charge in [0.25, 0.3) is 5.91 Å². The fourth-order valence-corrected chi connectivity index (χ4v) is 3.78. The van der Waals surface area contributed by atoms with Gasteiger partial charge in [-0.1, -0.05) is 6.07 Å². The summed E-state index contributed by atoms with van der Waals surface area (Å²) in [6.07, 6.45) is 0.457. The van der Waals surface area contributed by atoms with Crippen LogP contribution in [0.4, 0.5) is 4.39 Å². The summed E-state index contributed by atoms with van der Waals surface area (Å²) >= 11 is 0. The van der Waals surface area contributed by atoms with Crippen LogP contribution in [-0.4, -0.2) is 23.7 Å². The summed E-state index contributed by atoms with van der Waals surface area (Å²) in [6.45, 7) is 2.94. The molecule has 6 nitrogen and oxygen atoms in total. The number of amides is 1. The Morgan fingerprint density at radius 2 is 2.04 bits per heavy atom. The van der Waals surface area contributed by atoms with Crippen LogP contribution < -0.4 is 20.9 Å². The Kier molecular flexibility index (Phi) is 5.02. The quantitative estimate of drug-likeness (QED) is 0.634. The third-order valence-corrected chi connectivity index (χ3v) is 5.15. The third-order valence-electron chi connectivity index (χ3n) is 5.15. The van der Waals surface area contributed by atoms with Crippen LogP contribution in [0.5, 0.6) is 5.75 Å². The van der Waals surface area contributed by atoms with Gasteiger partial charge in [-0.05, 0) is 49.4 Å². The van der Waals surface area contributed by atoms with Crippen molar-refractivity contribution in [2.24, 2.45) is 0 Å². The highest BCUT2D eigenvalue weighted by Gasteiger charge is 2.29. The van der Waals surface area contributed by atoms with Crippen LogP contribution >= 0.6 is 0 Å². The first-order valence-electron chi connectivity index (χ1n) is 9.34. The zero-order valence-corrected chi connectivity index (χ0v) is 15.8. The SMILES string of the molecule is CCn1c(C2CC(NC(=O)c3ccc(F)cc3)NN2)cc2c(OC)cccc21. The Labute approximate surface area is 162 Å². The molecule has 146 valence electrons. The first-order chi connectivity index (χ1) is 13.6. The Morgan fingerprint density at radius 3 is 2.75 bits per heavy atom. The molecule has 1 amide bonds. The van der Waals surface area contributed by atoms with Gasteiger partial charge in [-0.3, -0.25) is 4.79 Å². The van der Waals surface area contributed by atoms with Gasteiger partial charge in [0.2, 0.25) is 0 Å². The van der Waals surface area contributed by atoms with Crippen LogP contribution in [0.1, 0.15) is 35.4 Å². The summed E-state index contributed by atoms with van der Waals surface area (Å²) < 4.78 is 20.8. The molecule has 2 heterocycles. The molecule has 4 rings (SSSR count). The van der Waals surface area contributed by atoms with Gasteiger partial charge in [0.1, 0.15) is 11.6 Å². The number of benzene rings is 2. The summed E-state index contributed by atoms with van der Waals surface area (Å²) in [5, 5.41) is 4.01. The summed E-state index contributed by atoms with van der Waals surface area (Å²) in [7, 11) is 1.67. The molecule has 0 aliphatic carbocycles. The molecule has 1 aromatic heterocycles. The minimum absolute atomic E-state index is 0.0376. The number of carbonyl (C=O) groups is 1. The van der Waals surface area contributed by atoms with E-state index in [0.29, 0.717) is 12.0 Å². The van der Waals surface area contributed by atoms with Gasteiger partial charge in [-0.15, -0.1) is 0 Å². The minimum atomic E-state index is -0.361. The fraction of sp³-hybridized carbons (Fsp3) is 0.286. The highest BCUT2D eigenvalue weighted by molar-refractivity contribution is 5.94. The van der Waals surface area contributed by atoms with Crippen LogP contribution in [0.2, 0.25) is 0 Å². The molecule has 3 N–H and O–H groups in total. The number of hydrogen-bond donors (Lipinski definition) is 3. The van der Waals surface area contributed by atoms with Gasteiger partial charge in [-0.2, -0.15) is 0 Å². The van der Waals surface area contributed by atoms with Crippen molar-refractivity contribution < 1.29 is 13.9 Å². The van der Waals surface area contributed by atoms with Crippen LogP contribution in [0.3, 0.4) is 0 Å². The first-order valence-corrected chi connectivity index (χ1v) is 9.34. The zero-order chi connectivity index (χ0) is 19.7. The van der Waals surface area contributed by atoms with E-state index in [2.05, 4.69) is 39.8 Å². The largest absolute Gasteiger partial charge is 0.496 e. The number of methoxy groups -OCH3 is 1. The maximum atomic E-state index is 13.0. The van der Waals surface area contributed by atoms with E-state index >= 15 is 0 Å². The third kappa shape index (κ3) is 3.34. The molecule has 0 spiro atoms. The molecule has 28 heavy (non-hydrogen) atoms. The van der Waals surface area contributed by atoms with Crippen molar-refractivity contribution in [3.63, 3.8) is 0 Å². The van der Waals surface area contributed by atoms with E-state index in [1.54, 1.807) is 7.11 Å². The topological polar surface area (TPSA) is 67.3 Å². The van der Waals surface area contributed by atoms with E-state index in [9.17, 15) is 9.18 Å². The monoisotopic (exact) mass is 382 g/mol. The smallest absolute Gasteiger partial charge is 0.252 e. The Hall–Kier alpha value is -2.90. The van der Waals surface area contributed by atoms with E-state index in [-0.39, 0.29) is 23.9 Å². The molecule has 3 aromatic rings. The summed E-state index contributed by atoms with van der Waals surface area (Å²) in [4.78, 5) is 12.4. The van der Waals surface area contributed by atoms with Gasteiger partial charge >= 0.3 is 0 Å². The lowest BCUT2D eigenvalue weighted by molar-refractivity contribution is 0.0932. The maximum absolute atomic E-state index is 13.0. The molecule has 0 saturated carbocycles. The second-order valence-corrected chi connectivity index (χ2v) is 6.82. The van der Waals surface area contributed by atoms with Crippen molar-refractivity contribution in [3.8, 4) is 5.75 Å².